The summed E-state index contributed by atoms with van der Waals surface area (Å²) in [6, 6.07) is 9.22. The molecule has 1 saturated heterocycles. The summed E-state index contributed by atoms with van der Waals surface area (Å²) in [6.07, 6.45) is 0. The van der Waals surface area contributed by atoms with E-state index in [1.54, 1.807) is 34.4 Å². The van der Waals surface area contributed by atoms with Gasteiger partial charge in [0, 0.05) is 44.6 Å². The van der Waals surface area contributed by atoms with Gasteiger partial charge >= 0.3 is 0 Å². The minimum Gasteiger partial charge on any atom is -0.339 e. The van der Waals surface area contributed by atoms with Crippen molar-refractivity contribution in [2.75, 3.05) is 39.8 Å². The molecule has 1 aromatic carbocycles. The van der Waals surface area contributed by atoms with Crippen LogP contribution in [-0.4, -0.2) is 68.2 Å². The van der Waals surface area contributed by atoms with Gasteiger partial charge in [-0.1, -0.05) is 12.1 Å². The number of rotatable bonds is 6. The number of thiophene rings is 1. The number of nitrogens with zero attached hydrogens (tertiary/aromatic N) is 3. The number of carbonyl (C=O) groups is 1. The largest absolute Gasteiger partial charge is 0.339 e. The van der Waals surface area contributed by atoms with Gasteiger partial charge in [-0.2, -0.15) is 4.31 Å². The molecule has 1 aliphatic rings. The molecule has 0 radical (unpaired) electrons. The summed E-state index contributed by atoms with van der Waals surface area (Å²) in [4.78, 5) is 18.3. The highest BCUT2D eigenvalue weighted by Gasteiger charge is 2.27. The van der Waals surface area contributed by atoms with Crippen LogP contribution in [-0.2, 0) is 21.4 Å². The fraction of sp³-hybridized carbons (Fsp3) is 0.450. The Morgan fingerprint density at radius 3 is 2.43 bits per heavy atom. The third-order valence-electron chi connectivity index (χ3n) is 5.23. The van der Waals surface area contributed by atoms with Crippen LogP contribution in [0.4, 0.5) is 0 Å². The van der Waals surface area contributed by atoms with E-state index in [4.69, 9.17) is 0 Å². The standard InChI is InChI=1S/C20H27N3O3S2/c1-16-6-7-19(13-17(16)2)28(25,26)21(3)15-20(24)23-10-8-22(9-11-23)14-18-5-4-12-27-18/h4-7,12-13H,8-11,14-15H2,1-3H3. The number of carbonyl (C=O) groups excluding carboxylic acids is 1. The van der Waals surface area contributed by atoms with Crippen molar-refractivity contribution in [3.63, 3.8) is 0 Å². The molecule has 3 rings (SSSR count). The molecule has 6 nitrogen and oxygen atoms in total. The number of sulfonamides is 1. The molecule has 0 N–H and O–H groups in total. The van der Waals surface area contributed by atoms with E-state index >= 15 is 0 Å². The molecule has 1 aromatic heterocycles. The van der Waals surface area contributed by atoms with Crippen molar-refractivity contribution < 1.29 is 13.2 Å². The van der Waals surface area contributed by atoms with Crippen molar-refractivity contribution in [2.24, 2.45) is 0 Å². The van der Waals surface area contributed by atoms with Crippen LogP contribution in [0.3, 0.4) is 0 Å². The van der Waals surface area contributed by atoms with E-state index < -0.39 is 10.0 Å². The lowest BCUT2D eigenvalue weighted by Gasteiger charge is -2.35. The second kappa shape index (κ2) is 8.73. The van der Waals surface area contributed by atoms with Crippen LogP contribution in [0.2, 0.25) is 0 Å². The average molecular weight is 422 g/mol. The van der Waals surface area contributed by atoms with Gasteiger partial charge in [0.15, 0.2) is 0 Å². The fourth-order valence-corrected chi connectivity index (χ4v) is 5.16. The van der Waals surface area contributed by atoms with E-state index in [1.807, 2.05) is 19.9 Å². The number of benzene rings is 1. The average Bonchev–Trinajstić information content (AvgIpc) is 3.17. The number of piperazine rings is 1. The third kappa shape index (κ3) is 4.81. The number of likely N-dealkylation sites (N-methyl/N-ethyl adjacent to an activating group) is 1. The van der Waals surface area contributed by atoms with Gasteiger partial charge in [-0.3, -0.25) is 9.69 Å². The van der Waals surface area contributed by atoms with Crippen molar-refractivity contribution in [1.82, 2.24) is 14.1 Å². The summed E-state index contributed by atoms with van der Waals surface area (Å²) in [6.45, 7) is 7.45. The van der Waals surface area contributed by atoms with Crippen LogP contribution < -0.4 is 0 Å². The van der Waals surface area contributed by atoms with Crippen molar-refractivity contribution in [3.05, 3.63) is 51.7 Å². The number of amides is 1. The Bertz CT molecular complexity index is 918. The molecule has 0 saturated carbocycles. The first-order chi connectivity index (χ1) is 13.3. The lowest BCUT2D eigenvalue weighted by Crippen LogP contribution is -2.51. The first-order valence-corrected chi connectivity index (χ1v) is 11.7. The van der Waals surface area contributed by atoms with Crippen LogP contribution in [0.1, 0.15) is 16.0 Å². The fourth-order valence-electron chi connectivity index (χ4n) is 3.21. The highest BCUT2D eigenvalue weighted by molar-refractivity contribution is 7.89. The maximum atomic E-state index is 12.8. The van der Waals surface area contributed by atoms with Crippen LogP contribution >= 0.6 is 11.3 Å². The SMILES string of the molecule is Cc1ccc(S(=O)(=O)N(C)CC(=O)N2CCN(Cc3cccs3)CC2)cc1C. The molecule has 2 aromatic rings. The Labute approximate surface area is 171 Å². The van der Waals surface area contributed by atoms with E-state index in [9.17, 15) is 13.2 Å². The molecule has 0 unspecified atom stereocenters. The molecule has 1 aliphatic heterocycles. The van der Waals surface area contributed by atoms with Crippen LogP contribution in [0, 0.1) is 13.8 Å². The number of hydrogen-bond donors (Lipinski definition) is 0. The number of hydrogen-bond acceptors (Lipinski definition) is 5. The van der Waals surface area contributed by atoms with Crippen molar-refractivity contribution in [2.45, 2.75) is 25.3 Å². The molecule has 0 aliphatic carbocycles. The minimum atomic E-state index is -3.68. The maximum Gasteiger partial charge on any atom is 0.243 e. The Kier molecular flexibility index (Phi) is 6.54. The molecule has 8 heteroatoms. The lowest BCUT2D eigenvalue weighted by atomic mass is 10.1. The molecular weight excluding hydrogens is 394 g/mol. The summed E-state index contributed by atoms with van der Waals surface area (Å²) >= 11 is 1.74. The van der Waals surface area contributed by atoms with Crippen LogP contribution in [0.5, 0.6) is 0 Å². The monoisotopic (exact) mass is 421 g/mol. The first-order valence-electron chi connectivity index (χ1n) is 9.33. The molecule has 2 heterocycles. The van der Waals surface area contributed by atoms with Gasteiger partial charge in [0.1, 0.15) is 0 Å². The maximum absolute atomic E-state index is 12.8. The second-order valence-electron chi connectivity index (χ2n) is 7.24. The van der Waals surface area contributed by atoms with Crippen LogP contribution in [0.15, 0.2) is 40.6 Å². The quantitative estimate of drug-likeness (QED) is 0.718. The van der Waals surface area contributed by atoms with Gasteiger partial charge in [-0.05, 0) is 48.6 Å². The predicted molar refractivity (Wildman–Crippen MR) is 112 cm³/mol. The van der Waals surface area contributed by atoms with E-state index in [1.165, 1.54) is 11.9 Å². The Hall–Kier alpha value is -1.74. The minimum absolute atomic E-state index is 0.139. The zero-order valence-electron chi connectivity index (χ0n) is 16.6. The Morgan fingerprint density at radius 2 is 1.82 bits per heavy atom. The van der Waals surface area contributed by atoms with Crippen molar-refractivity contribution >= 4 is 27.3 Å². The van der Waals surface area contributed by atoms with Gasteiger partial charge in [0.05, 0.1) is 11.4 Å². The van der Waals surface area contributed by atoms with E-state index in [-0.39, 0.29) is 17.3 Å². The zero-order valence-corrected chi connectivity index (χ0v) is 18.2. The van der Waals surface area contributed by atoms with E-state index in [0.29, 0.717) is 13.1 Å². The predicted octanol–water partition coefficient (Wildman–Crippen LogP) is 2.33. The molecule has 0 spiro atoms. The van der Waals surface area contributed by atoms with Gasteiger partial charge < -0.3 is 4.90 Å². The van der Waals surface area contributed by atoms with Gasteiger partial charge in [0.25, 0.3) is 0 Å². The van der Waals surface area contributed by atoms with Gasteiger partial charge in [-0.15, -0.1) is 11.3 Å². The second-order valence-corrected chi connectivity index (χ2v) is 10.3. The molecule has 0 atom stereocenters. The van der Waals surface area contributed by atoms with E-state index in [0.717, 1.165) is 35.1 Å². The number of aryl methyl sites for hydroxylation is 2. The summed E-state index contributed by atoms with van der Waals surface area (Å²) in [7, 11) is -2.21. The van der Waals surface area contributed by atoms with Crippen LogP contribution in [0.25, 0.3) is 0 Å². The molecule has 152 valence electrons. The summed E-state index contributed by atoms with van der Waals surface area (Å²) in [5, 5.41) is 2.07. The Balaban J connectivity index is 1.56. The molecule has 28 heavy (non-hydrogen) atoms. The topological polar surface area (TPSA) is 60.9 Å². The van der Waals surface area contributed by atoms with Crippen molar-refractivity contribution in [1.29, 1.82) is 0 Å². The smallest absolute Gasteiger partial charge is 0.243 e. The summed E-state index contributed by atoms with van der Waals surface area (Å²) < 4.78 is 26.7. The summed E-state index contributed by atoms with van der Waals surface area (Å²) in [5.41, 5.74) is 1.96. The molecule has 1 fully saturated rings. The third-order valence-corrected chi connectivity index (χ3v) is 7.89. The highest BCUT2D eigenvalue weighted by Crippen LogP contribution is 2.19. The Morgan fingerprint density at radius 1 is 1.11 bits per heavy atom. The molecule has 0 bridgehead atoms. The first kappa shape index (κ1) is 21.0. The van der Waals surface area contributed by atoms with E-state index in [2.05, 4.69) is 16.3 Å². The van der Waals surface area contributed by atoms with Gasteiger partial charge in [-0.25, -0.2) is 8.42 Å². The summed E-state index contributed by atoms with van der Waals surface area (Å²) in [5.74, 6) is -0.148. The lowest BCUT2D eigenvalue weighted by molar-refractivity contribution is -0.133. The van der Waals surface area contributed by atoms with Gasteiger partial charge in [0.2, 0.25) is 15.9 Å². The molecule has 1 amide bonds. The van der Waals surface area contributed by atoms with Crippen molar-refractivity contribution in [3.8, 4) is 0 Å². The zero-order chi connectivity index (χ0) is 20.3. The molecular formula is C20H27N3O3S2. The normalized spacial score (nSPS) is 15.9. The highest BCUT2D eigenvalue weighted by atomic mass is 32.2.